The smallest absolute Gasteiger partial charge is 0.303 e. The number of aromatic nitrogens is 1. The number of phenols is 1. The molecule has 1 aromatic heterocycles. The number of hydrogen-bond donors (Lipinski definition) is 21. The highest BCUT2D eigenvalue weighted by molar-refractivity contribution is 6.02. The molecule has 690 valence electrons. The Bertz CT molecular complexity index is 4480. The van der Waals surface area contributed by atoms with Crippen molar-refractivity contribution in [1.29, 1.82) is 0 Å². The summed E-state index contributed by atoms with van der Waals surface area (Å²) < 4.78 is 0. The van der Waals surface area contributed by atoms with Crippen molar-refractivity contribution in [3.8, 4) is 5.75 Å². The molecule has 38 heteroatoms. The molecule has 16 amide bonds. The van der Waals surface area contributed by atoms with Gasteiger partial charge >= 0.3 is 5.97 Å². The number of rotatable bonds is 32. The van der Waals surface area contributed by atoms with Crippen LogP contribution in [0.4, 0.5) is 0 Å². The van der Waals surface area contributed by atoms with Gasteiger partial charge in [0.25, 0.3) is 0 Å². The highest BCUT2D eigenvalue weighted by atomic mass is 16.4. The molecule has 6 rings (SSSR count). The topological polar surface area (TPSA) is 607 Å². The van der Waals surface area contributed by atoms with Crippen LogP contribution in [-0.2, 0) is 101 Å². The number of phenolic OH excluding ortho intramolecular Hbond substituents is 1. The van der Waals surface area contributed by atoms with Gasteiger partial charge < -0.3 is 111 Å². The van der Waals surface area contributed by atoms with E-state index < -0.39 is 229 Å². The van der Waals surface area contributed by atoms with E-state index in [9.17, 15) is 73.2 Å². The number of fused-ring (bicyclic) bond motifs is 1. The van der Waals surface area contributed by atoms with Crippen LogP contribution in [0.2, 0.25) is 0 Å². The highest BCUT2D eigenvalue weighted by Crippen LogP contribution is 2.31. The van der Waals surface area contributed by atoms with Crippen LogP contribution in [0.15, 0.2) is 97.2 Å². The van der Waals surface area contributed by atoms with Crippen molar-refractivity contribution < 1.29 is 102 Å². The second-order valence-corrected chi connectivity index (χ2v) is 33.6. The third-order valence-corrected chi connectivity index (χ3v) is 22.3. The van der Waals surface area contributed by atoms with Crippen LogP contribution < -0.4 is 85.9 Å². The molecule has 0 spiro atoms. The second kappa shape index (κ2) is 50.0. The van der Waals surface area contributed by atoms with Crippen molar-refractivity contribution in [2.45, 2.75) is 293 Å². The van der Waals surface area contributed by atoms with E-state index in [0.29, 0.717) is 79.0 Å². The lowest BCUT2D eigenvalue weighted by Gasteiger charge is -2.35. The van der Waals surface area contributed by atoms with E-state index in [-0.39, 0.29) is 69.0 Å². The number of carbonyl (C=O) groups is 17. The molecule has 0 unspecified atom stereocenters. The van der Waals surface area contributed by atoms with E-state index in [1.165, 1.54) is 72.7 Å². The number of aromatic hydroxyl groups is 1. The van der Waals surface area contributed by atoms with Crippen molar-refractivity contribution in [2.75, 3.05) is 6.61 Å². The van der Waals surface area contributed by atoms with Gasteiger partial charge in [-0.2, -0.15) is 0 Å². The molecule has 1 saturated carbocycles. The molecule has 15 atom stereocenters. The molecular weight excluding hydrogens is 1630 g/mol. The summed E-state index contributed by atoms with van der Waals surface area (Å²) in [4.78, 5) is 243. The average molecular weight is 1760 g/mol. The maximum Gasteiger partial charge on any atom is 0.303 e. The van der Waals surface area contributed by atoms with Gasteiger partial charge in [0, 0.05) is 56.1 Å². The summed E-state index contributed by atoms with van der Waals surface area (Å²) in [6.45, 7) is 11.6. The first kappa shape index (κ1) is 102. The molecule has 2 heterocycles. The van der Waals surface area contributed by atoms with E-state index in [2.05, 4.69) is 79.4 Å². The van der Waals surface area contributed by atoms with Crippen molar-refractivity contribution in [1.82, 2.24) is 79.4 Å². The van der Waals surface area contributed by atoms with E-state index in [1.54, 1.807) is 80.7 Å². The first-order valence-electron chi connectivity index (χ1n) is 43.0. The molecule has 1 aliphatic carbocycles. The van der Waals surface area contributed by atoms with E-state index >= 15 is 28.8 Å². The fraction of sp³-hybridized carbons (Fsp3) is 0.557. The number of aliphatic hydroxyl groups excluding tert-OH is 2. The number of allylic oxidation sites excluding steroid dienone is 2. The van der Waals surface area contributed by atoms with Crippen LogP contribution in [0.25, 0.3) is 10.9 Å². The number of carbonyl (C=O) groups excluding carboxylic acids is 16. The molecular formula is C88H127N17O21. The minimum Gasteiger partial charge on any atom is -0.508 e. The molecule has 1 aliphatic heterocycles. The number of aliphatic carboxylic acids is 1. The number of aromatic amines is 1. The standard InChI is InChI=1S/C88H127N17O21/c1-49(2)42-64(95-54(7)108)80(120)103-72(53(6)107)84(124)100-67(43-55-26-19-18-20-27-55)83(123)105-87(8)40-23-16-14-12-10-11-13-15-17-24-41-88(9,86(126)102-69(48-106)81(121)94-51(4)74(114)92-50(3)73(90)113)104-82(122)66(44-56-28-25-29-56)98-76(116)62(36-38-70(89)110)96-75(115)52(5)93-78(118)68(46-58-47-91-61-31-22-21-30-60(58)61)99-79(119)65(45-57-32-34-59(109)35-33-57)97-77(117)63(101-85(87)125)37-39-71(111)112/h15,17-22,26-27,30-35,47,49-53,56,62-69,72,91,106-107,109H,10-14,16,23-25,28-29,36-46,48H2,1-9H3,(H2,89,110)(H2,90,113)(H,92,114)(H,93,118)(H,94,121)(H,95,108)(H,96,115)(H,97,117)(H,98,116)(H,99,119)(H,100,124)(H,101,125)(H,102,126)(H,103,120)(H,104,122)(H,105,123)(H,111,112)/b17-15+/t50-,51-,52-,53+,62-,63-,64-,65-,66-,67-,68-,69-,72-,87-,88-/m0/s1. The molecule has 23 N–H and O–H groups in total. The van der Waals surface area contributed by atoms with Crippen molar-refractivity contribution in [3.05, 3.63) is 114 Å². The Morgan fingerprint density at radius 1 is 0.540 bits per heavy atom. The van der Waals surface area contributed by atoms with Gasteiger partial charge in [-0.25, -0.2) is 0 Å². The second-order valence-electron chi connectivity index (χ2n) is 33.6. The maximum absolute atomic E-state index is 15.5. The van der Waals surface area contributed by atoms with Crippen LogP contribution in [0.1, 0.15) is 201 Å². The van der Waals surface area contributed by atoms with Crippen LogP contribution >= 0.6 is 0 Å². The number of hydrogen-bond acceptors (Lipinski definition) is 20. The van der Waals surface area contributed by atoms with Crippen LogP contribution in [-0.4, -0.2) is 222 Å². The van der Waals surface area contributed by atoms with Gasteiger partial charge in [-0.3, -0.25) is 81.5 Å². The maximum atomic E-state index is 15.5. The largest absolute Gasteiger partial charge is 0.508 e. The number of nitrogens with one attached hydrogen (secondary N) is 15. The monoisotopic (exact) mass is 1760 g/mol. The Hall–Kier alpha value is -12.4. The predicted octanol–water partition coefficient (Wildman–Crippen LogP) is 0.244. The highest BCUT2D eigenvalue weighted by Gasteiger charge is 2.44. The number of H-pyrrole nitrogens is 1. The van der Waals surface area contributed by atoms with Gasteiger partial charge in [0.2, 0.25) is 94.5 Å². The molecule has 3 aromatic carbocycles. The van der Waals surface area contributed by atoms with Crippen LogP contribution in [0.5, 0.6) is 5.75 Å². The van der Waals surface area contributed by atoms with E-state index in [4.69, 9.17) is 11.5 Å². The Kier molecular flexibility index (Phi) is 40.6. The average Bonchev–Trinajstić information content (AvgIpc) is 1.24. The van der Waals surface area contributed by atoms with Crippen LogP contribution in [0.3, 0.4) is 0 Å². The molecule has 0 radical (unpaired) electrons. The van der Waals surface area contributed by atoms with Crippen molar-refractivity contribution in [2.24, 2.45) is 23.3 Å². The minimum atomic E-state index is -2.05. The summed E-state index contributed by atoms with van der Waals surface area (Å²) >= 11 is 0. The fourth-order valence-electron chi connectivity index (χ4n) is 14.5. The zero-order valence-corrected chi connectivity index (χ0v) is 73.0. The summed E-state index contributed by atoms with van der Waals surface area (Å²) in [7, 11) is 0. The first-order chi connectivity index (χ1) is 59.6. The SMILES string of the molecule is CC(=O)N[C@@H](CC(C)C)C(=O)N[C@H](C(=O)N[C@@H](Cc1ccccc1)C(=O)N[C@@]1(C)CCCCCCCC/C=C/CC[C@@](C)(C(=O)N[C@@H](CO)C(=O)N[C@@H](C)C(=O)N[C@@H](C)C(N)=O)NC(=O)[C@H](CC2CCC2)NC(=O)[C@H](CCC(N)=O)NC(=O)[C@H](C)NC(=O)[C@H](Cc2c[nH]c3ccccc23)NC(=O)[C@H](Cc2ccc(O)cc2)NC(=O)[C@H](CCC(=O)O)NC1=O)[C@@H](C)O. The normalized spacial score (nSPS) is 22.9. The third-order valence-electron chi connectivity index (χ3n) is 22.3. The Morgan fingerprint density at radius 2 is 1.11 bits per heavy atom. The lowest BCUT2D eigenvalue weighted by atomic mass is 9.80. The number of para-hydroxylation sites is 1. The Balaban J connectivity index is 1.43. The van der Waals surface area contributed by atoms with Gasteiger partial charge in [-0.15, -0.1) is 0 Å². The summed E-state index contributed by atoms with van der Waals surface area (Å²) in [6.07, 6.45) is 6.00. The summed E-state index contributed by atoms with van der Waals surface area (Å²) in [5.41, 5.74) is 8.83. The summed E-state index contributed by atoms with van der Waals surface area (Å²) in [5, 5.41) is 79.2. The van der Waals surface area contributed by atoms with Gasteiger partial charge in [0.15, 0.2) is 0 Å². The molecule has 0 bridgehead atoms. The zero-order chi connectivity index (χ0) is 93.1. The number of benzene rings is 3. The number of amides is 16. The van der Waals surface area contributed by atoms with Gasteiger partial charge in [-0.1, -0.05) is 138 Å². The summed E-state index contributed by atoms with van der Waals surface area (Å²) in [5.74, 6) is -16.9. The Morgan fingerprint density at radius 3 is 1.72 bits per heavy atom. The predicted molar refractivity (Wildman–Crippen MR) is 463 cm³/mol. The lowest BCUT2D eigenvalue weighted by Crippen LogP contribution is -2.65. The van der Waals surface area contributed by atoms with Gasteiger partial charge in [0.1, 0.15) is 89.3 Å². The molecule has 126 heavy (non-hydrogen) atoms. The molecule has 0 saturated heterocycles. The quantitative estimate of drug-likeness (QED) is 0.0291. The van der Waals surface area contributed by atoms with Crippen molar-refractivity contribution >= 4 is 111 Å². The molecule has 2 aliphatic rings. The van der Waals surface area contributed by atoms with E-state index in [0.717, 1.165) is 6.42 Å². The van der Waals surface area contributed by atoms with Crippen LogP contribution in [0, 0.1) is 11.8 Å². The number of carboxylic acid groups (broad SMARTS) is 1. The Labute approximate surface area is 732 Å². The number of carboxylic acids is 1. The zero-order valence-electron chi connectivity index (χ0n) is 73.0. The van der Waals surface area contributed by atoms with Gasteiger partial charge in [0.05, 0.1) is 12.7 Å². The lowest BCUT2D eigenvalue weighted by molar-refractivity contribution is -0.140. The summed E-state index contributed by atoms with van der Waals surface area (Å²) in [6, 6.07) is 2.34. The molecule has 38 nitrogen and oxygen atoms in total. The number of aliphatic hydroxyl groups is 2. The molecule has 1 fully saturated rings. The third kappa shape index (κ3) is 33.3. The van der Waals surface area contributed by atoms with Gasteiger partial charge in [-0.05, 0) is 146 Å². The van der Waals surface area contributed by atoms with Crippen molar-refractivity contribution in [3.63, 3.8) is 0 Å². The first-order valence-corrected chi connectivity index (χ1v) is 43.0. The number of primary amides is 2. The van der Waals surface area contributed by atoms with E-state index in [1.807, 2.05) is 6.08 Å². The fourth-order valence-corrected chi connectivity index (χ4v) is 14.5. The number of nitrogens with two attached hydrogens (primary N) is 2. The minimum absolute atomic E-state index is 0.0112. The molecule has 4 aromatic rings.